The molecule has 1 heterocycles. The summed E-state index contributed by atoms with van der Waals surface area (Å²) in [5.74, 6) is -0.156. The highest BCUT2D eigenvalue weighted by molar-refractivity contribution is 9.10. The quantitative estimate of drug-likeness (QED) is 0.680. The molecule has 1 fully saturated rings. The molecule has 0 spiro atoms. The number of amides is 1. The molecule has 4 nitrogen and oxygen atoms in total. The number of rotatable bonds is 4. The Labute approximate surface area is 148 Å². The van der Waals surface area contributed by atoms with E-state index >= 15 is 0 Å². The molecule has 1 aliphatic rings. The lowest BCUT2D eigenvalue weighted by atomic mass is 10.1. The molecule has 0 bridgehead atoms. The molecule has 24 heavy (non-hydrogen) atoms. The first-order valence-electron chi connectivity index (χ1n) is 7.92. The van der Waals surface area contributed by atoms with Crippen LogP contribution in [0.15, 0.2) is 59.2 Å². The van der Waals surface area contributed by atoms with E-state index in [1.165, 1.54) is 12.8 Å². The molecule has 3 aromatic rings. The van der Waals surface area contributed by atoms with Crippen LogP contribution < -0.4 is 10.6 Å². The summed E-state index contributed by atoms with van der Waals surface area (Å²) in [6, 6.07) is 15.9. The Hall–Kier alpha value is -2.40. The number of halogens is 1. The van der Waals surface area contributed by atoms with Gasteiger partial charge in [-0.2, -0.15) is 0 Å². The first-order chi connectivity index (χ1) is 11.7. The molecule has 2 aromatic carbocycles. The Bertz CT molecular complexity index is 916. The van der Waals surface area contributed by atoms with Gasteiger partial charge in [0.15, 0.2) is 0 Å². The smallest absolute Gasteiger partial charge is 0.257 e. The minimum atomic E-state index is -0.156. The van der Waals surface area contributed by atoms with Gasteiger partial charge < -0.3 is 10.6 Å². The molecule has 1 amide bonds. The molecule has 0 atom stereocenters. The zero-order valence-electron chi connectivity index (χ0n) is 12.9. The fourth-order valence-electron chi connectivity index (χ4n) is 2.67. The second-order valence-electron chi connectivity index (χ2n) is 5.94. The Kier molecular flexibility index (Phi) is 3.94. The maximum atomic E-state index is 12.8. The first-order valence-corrected chi connectivity index (χ1v) is 8.71. The van der Waals surface area contributed by atoms with Crippen molar-refractivity contribution in [1.82, 2.24) is 4.98 Å². The van der Waals surface area contributed by atoms with Gasteiger partial charge in [-0.25, -0.2) is 0 Å². The van der Waals surface area contributed by atoms with Crippen molar-refractivity contribution in [3.8, 4) is 0 Å². The van der Waals surface area contributed by atoms with Gasteiger partial charge in [0.05, 0.1) is 22.5 Å². The number of carbonyl (C=O) groups is 1. The van der Waals surface area contributed by atoms with Gasteiger partial charge in [-0.3, -0.25) is 9.78 Å². The summed E-state index contributed by atoms with van der Waals surface area (Å²) in [6.45, 7) is 0. The van der Waals surface area contributed by atoms with Crippen molar-refractivity contribution in [1.29, 1.82) is 0 Å². The highest BCUT2D eigenvalue weighted by Crippen LogP contribution is 2.32. The predicted octanol–water partition coefficient (Wildman–Crippen LogP) is 4.82. The number of anilines is 2. The van der Waals surface area contributed by atoms with Crippen molar-refractivity contribution < 1.29 is 4.79 Å². The van der Waals surface area contributed by atoms with E-state index in [0.717, 1.165) is 21.2 Å². The van der Waals surface area contributed by atoms with E-state index in [2.05, 4.69) is 31.5 Å². The maximum Gasteiger partial charge on any atom is 0.257 e. The average molecular weight is 382 g/mol. The van der Waals surface area contributed by atoms with Gasteiger partial charge in [-0.1, -0.05) is 34.1 Å². The van der Waals surface area contributed by atoms with Crippen molar-refractivity contribution in [3.63, 3.8) is 0 Å². The average Bonchev–Trinajstić information content (AvgIpc) is 3.41. The summed E-state index contributed by atoms with van der Waals surface area (Å²) in [4.78, 5) is 17.2. The van der Waals surface area contributed by atoms with E-state index in [-0.39, 0.29) is 5.91 Å². The summed E-state index contributed by atoms with van der Waals surface area (Å²) >= 11 is 3.47. The van der Waals surface area contributed by atoms with E-state index in [1.54, 1.807) is 12.3 Å². The lowest BCUT2D eigenvalue weighted by Crippen LogP contribution is -2.15. The zero-order chi connectivity index (χ0) is 16.5. The van der Waals surface area contributed by atoms with Crippen LogP contribution in [0.25, 0.3) is 10.9 Å². The number of nitrogens with zero attached hydrogens (tertiary/aromatic N) is 1. The van der Waals surface area contributed by atoms with Crippen LogP contribution in [-0.4, -0.2) is 16.9 Å². The van der Waals surface area contributed by atoms with Crippen LogP contribution in [0.4, 0.5) is 11.4 Å². The minimum Gasteiger partial charge on any atom is -0.381 e. The molecule has 0 unspecified atom stereocenters. The molecule has 4 rings (SSSR count). The number of para-hydroxylation sites is 1. The molecule has 0 aliphatic heterocycles. The van der Waals surface area contributed by atoms with Crippen molar-refractivity contribution in [2.24, 2.45) is 0 Å². The first kappa shape index (κ1) is 15.1. The lowest BCUT2D eigenvalue weighted by molar-refractivity contribution is 0.102. The van der Waals surface area contributed by atoms with Gasteiger partial charge in [0, 0.05) is 22.1 Å². The fourth-order valence-corrected chi connectivity index (χ4v) is 3.03. The summed E-state index contributed by atoms with van der Waals surface area (Å²) < 4.78 is 0.926. The van der Waals surface area contributed by atoms with Gasteiger partial charge in [0.1, 0.15) is 0 Å². The molecule has 2 N–H and O–H groups in total. The van der Waals surface area contributed by atoms with E-state index in [9.17, 15) is 4.79 Å². The molecule has 120 valence electrons. The number of nitrogens with one attached hydrogen (secondary N) is 2. The summed E-state index contributed by atoms with van der Waals surface area (Å²) in [7, 11) is 0. The Morgan fingerprint density at radius 2 is 1.92 bits per heavy atom. The van der Waals surface area contributed by atoms with Gasteiger partial charge in [0.25, 0.3) is 5.91 Å². The number of aromatic nitrogens is 1. The second-order valence-corrected chi connectivity index (χ2v) is 6.86. The third-order valence-electron chi connectivity index (χ3n) is 4.04. The number of hydrogen-bond donors (Lipinski definition) is 2. The summed E-state index contributed by atoms with van der Waals surface area (Å²) in [5, 5.41) is 7.43. The van der Waals surface area contributed by atoms with Crippen LogP contribution >= 0.6 is 15.9 Å². The highest BCUT2D eigenvalue weighted by Gasteiger charge is 2.22. The van der Waals surface area contributed by atoms with Gasteiger partial charge >= 0.3 is 0 Å². The SMILES string of the molecule is O=C(Nc1cc(Br)ccc1NC1CC1)c1cccc2cccnc12. The third kappa shape index (κ3) is 3.12. The van der Waals surface area contributed by atoms with Crippen LogP contribution in [0.2, 0.25) is 0 Å². The number of carbonyl (C=O) groups excluding carboxylic acids is 1. The molecule has 1 aromatic heterocycles. The monoisotopic (exact) mass is 381 g/mol. The zero-order valence-corrected chi connectivity index (χ0v) is 14.5. The molecule has 1 aliphatic carbocycles. The molecule has 0 radical (unpaired) electrons. The van der Waals surface area contributed by atoms with Crippen LogP contribution in [0.3, 0.4) is 0 Å². The Balaban J connectivity index is 1.67. The molecular weight excluding hydrogens is 366 g/mol. The fraction of sp³-hybridized carbons (Fsp3) is 0.158. The predicted molar refractivity (Wildman–Crippen MR) is 100 cm³/mol. The van der Waals surface area contributed by atoms with Crippen molar-refractivity contribution in [2.75, 3.05) is 10.6 Å². The molecule has 5 heteroatoms. The second kappa shape index (κ2) is 6.24. The van der Waals surface area contributed by atoms with Gasteiger partial charge in [-0.05, 0) is 43.2 Å². The topological polar surface area (TPSA) is 54.0 Å². The van der Waals surface area contributed by atoms with Crippen molar-refractivity contribution in [2.45, 2.75) is 18.9 Å². The molecular formula is C19H16BrN3O. The number of benzene rings is 2. The van der Waals surface area contributed by atoms with Crippen molar-refractivity contribution in [3.05, 3.63) is 64.8 Å². The van der Waals surface area contributed by atoms with Crippen LogP contribution in [-0.2, 0) is 0 Å². The van der Waals surface area contributed by atoms with Crippen molar-refractivity contribution >= 4 is 44.1 Å². The number of hydrogen-bond acceptors (Lipinski definition) is 3. The standard InChI is InChI=1S/C19H16BrN3O/c20-13-6-9-16(22-14-7-8-14)17(11-13)23-19(24)15-5-1-3-12-4-2-10-21-18(12)15/h1-6,9-11,14,22H,7-8H2,(H,23,24). The van der Waals surface area contributed by atoms with E-state index in [1.807, 2.05) is 42.5 Å². The van der Waals surface area contributed by atoms with Gasteiger partial charge in [0.2, 0.25) is 0 Å². The van der Waals surface area contributed by atoms with Crippen LogP contribution in [0, 0.1) is 0 Å². The maximum absolute atomic E-state index is 12.8. The molecule has 1 saturated carbocycles. The van der Waals surface area contributed by atoms with E-state index in [0.29, 0.717) is 17.1 Å². The third-order valence-corrected chi connectivity index (χ3v) is 4.54. The largest absolute Gasteiger partial charge is 0.381 e. The van der Waals surface area contributed by atoms with Crippen LogP contribution in [0.1, 0.15) is 23.2 Å². The van der Waals surface area contributed by atoms with E-state index < -0.39 is 0 Å². The van der Waals surface area contributed by atoms with Crippen LogP contribution in [0.5, 0.6) is 0 Å². The minimum absolute atomic E-state index is 0.156. The molecule has 0 saturated heterocycles. The Morgan fingerprint density at radius 1 is 1.08 bits per heavy atom. The summed E-state index contributed by atoms with van der Waals surface area (Å²) in [5.41, 5.74) is 3.01. The Morgan fingerprint density at radius 3 is 2.75 bits per heavy atom. The highest BCUT2D eigenvalue weighted by atomic mass is 79.9. The van der Waals surface area contributed by atoms with Gasteiger partial charge in [-0.15, -0.1) is 0 Å². The number of pyridine rings is 1. The van der Waals surface area contributed by atoms with E-state index in [4.69, 9.17) is 0 Å². The summed E-state index contributed by atoms with van der Waals surface area (Å²) in [6.07, 6.45) is 4.06. The normalized spacial score (nSPS) is 13.7. The lowest BCUT2D eigenvalue weighted by Gasteiger charge is -2.14. The number of fused-ring (bicyclic) bond motifs is 1.